The summed E-state index contributed by atoms with van der Waals surface area (Å²) in [5.74, 6) is 5.34. The normalized spacial score (nSPS) is 28.3. The lowest BCUT2D eigenvalue weighted by Crippen LogP contribution is -2.51. The lowest BCUT2D eigenvalue weighted by atomic mass is 9.47. The molecular formula is C57H104O2. The maximum absolute atomic E-state index is 12.9. The van der Waals surface area contributed by atoms with Crippen molar-refractivity contribution in [2.75, 3.05) is 0 Å². The molecule has 0 N–H and O–H groups in total. The molecule has 0 heterocycles. The minimum atomic E-state index is 0.0698. The summed E-state index contributed by atoms with van der Waals surface area (Å²) in [6.45, 7) is 15.0. The predicted octanol–water partition coefficient (Wildman–Crippen LogP) is 18.9. The molecular weight excluding hydrogens is 717 g/mol. The van der Waals surface area contributed by atoms with Crippen LogP contribution in [0.25, 0.3) is 0 Å². The molecule has 0 bridgehead atoms. The molecule has 0 radical (unpaired) electrons. The minimum absolute atomic E-state index is 0.0698. The quantitative estimate of drug-likeness (QED) is 0.0367. The number of allylic oxidation sites excluding steroid dienone is 1. The van der Waals surface area contributed by atoms with Crippen LogP contribution < -0.4 is 0 Å². The summed E-state index contributed by atoms with van der Waals surface area (Å²) < 4.78 is 6.17. The van der Waals surface area contributed by atoms with Gasteiger partial charge in [0.05, 0.1) is 0 Å². The summed E-state index contributed by atoms with van der Waals surface area (Å²) in [4.78, 5) is 12.9. The van der Waals surface area contributed by atoms with Gasteiger partial charge in [0.15, 0.2) is 0 Å². The highest BCUT2D eigenvalue weighted by Gasteiger charge is 2.59. The first-order chi connectivity index (χ1) is 28.7. The van der Waals surface area contributed by atoms with Crippen LogP contribution in [0, 0.1) is 46.3 Å². The summed E-state index contributed by atoms with van der Waals surface area (Å²) in [6, 6.07) is 0. The summed E-state index contributed by atoms with van der Waals surface area (Å²) in [5, 5.41) is 0. The molecule has 2 heteroatoms. The van der Waals surface area contributed by atoms with Gasteiger partial charge in [-0.15, -0.1) is 0 Å². The number of unbranched alkanes of at least 4 members (excludes halogenated alkanes) is 26. The molecule has 0 spiro atoms. The Balaban J connectivity index is 0.932. The van der Waals surface area contributed by atoms with Crippen LogP contribution in [-0.4, -0.2) is 12.1 Å². The number of esters is 1. The van der Waals surface area contributed by atoms with E-state index >= 15 is 0 Å². The van der Waals surface area contributed by atoms with E-state index in [1.807, 2.05) is 0 Å². The van der Waals surface area contributed by atoms with E-state index in [2.05, 4.69) is 47.6 Å². The summed E-state index contributed by atoms with van der Waals surface area (Å²) in [6.07, 6.45) is 56.2. The Kier molecular flexibility index (Phi) is 24.8. The molecule has 2 nitrogen and oxygen atoms in total. The van der Waals surface area contributed by atoms with Gasteiger partial charge in [-0.1, -0.05) is 239 Å². The monoisotopic (exact) mass is 821 g/mol. The van der Waals surface area contributed by atoms with Crippen LogP contribution >= 0.6 is 0 Å². The maximum atomic E-state index is 12.9. The lowest BCUT2D eigenvalue weighted by molar-refractivity contribution is -0.151. The molecule has 344 valence electrons. The maximum Gasteiger partial charge on any atom is 0.306 e. The van der Waals surface area contributed by atoms with E-state index < -0.39 is 0 Å². The highest BCUT2D eigenvalue weighted by molar-refractivity contribution is 5.69. The first kappa shape index (κ1) is 50.9. The van der Waals surface area contributed by atoms with Gasteiger partial charge >= 0.3 is 5.97 Å². The Morgan fingerprint density at radius 1 is 0.593 bits per heavy atom. The summed E-state index contributed by atoms with van der Waals surface area (Å²) >= 11 is 0. The molecule has 0 unspecified atom stereocenters. The van der Waals surface area contributed by atoms with Crippen LogP contribution in [0.2, 0.25) is 0 Å². The van der Waals surface area contributed by atoms with Gasteiger partial charge in [0.25, 0.3) is 0 Å². The molecule has 8 atom stereocenters. The SMILES string of the molecule is CCCCCCCCCCCCCCCCCCCCCCCCCCCCCC(=O)O[C@H]1CC[C@@]2(C)C(=CC[C@H]3[C@@H]4CC[C@H]([C@H](C)CCCC(C)C)[C@@]4(C)CC[C@@H]32)C1. The molecule has 4 aliphatic carbocycles. The van der Waals surface area contributed by atoms with E-state index in [-0.39, 0.29) is 12.1 Å². The van der Waals surface area contributed by atoms with Gasteiger partial charge in [0.1, 0.15) is 6.10 Å². The molecule has 3 saturated carbocycles. The average Bonchev–Trinajstić information content (AvgIpc) is 3.58. The van der Waals surface area contributed by atoms with Crippen molar-refractivity contribution in [3.8, 4) is 0 Å². The Bertz CT molecular complexity index is 1120. The second-order valence-electron chi connectivity index (χ2n) is 22.6. The Morgan fingerprint density at radius 2 is 1.08 bits per heavy atom. The number of rotatable bonds is 34. The number of hydrogen-bond acceptors (Lipinski definition) is 2. The van der Waals surface area contributed by atoms with E-state index in [0.717, 1.165) is 54.8 Å². The molecule has 0 amide bonds. The standard InChI is InChI=1S/C57H104O2/c1-7-8-9-10-11-12-13-14-15-16-17-18-19-20-21-22-23-24-25-26-27-28-29-30-31-32-33-37-55(58)59-50-42-44-56(5)49(46-50)38-39-51-53-41-40-52(48(4)36-34-35-47(2)3)57(53,6)45-43-54(51)56/h38,47-48,50-54H,7-37,39-46H2,1-6H3/t48-,50+,51+,52-,53+,54+,56+,57-/m1/s1. The highest BCUT2D eigenvalue weighted by atomic mass is 16.5. The van der Waals surface area contributed by atoms with Crippen molar-refractivity contribution in [2.24, 2.45) is 46.3 Å². The van der Waals surface area contributed by atoms with Gasteiger partial charge < -0.3 is 4.74 Å². The summed E-state index contributed by atoms with van der Waals surface area (Å²) in [7, 11) is 0. The van der Waals surface area contributed by atoms with E-state index in [1.54, 1.807) is 5.57 Å². The topological polar surface area (TPSA) is 26.3 Å². The fourth-order valence-electron chi connectivity index (χ4n) is 13.8. The van der Waals surface area contributed by atoms with Crippen molar-refractivity contribution in [1.82, 2.24) is 0 Å². The molecule has 0 aromatic heterocycles. The van der Waals surface area contributed by atoms with Crippen LogP contribution in [0.3, 0.4) is 0 Å². The molecule has 59 heavy (non-hydrogen) atoms. The molecule has 3 fully saturated rings. The largest absolute Gasteiger partial charge is 0.462 e. The molecule has 0 aromatic carbocycles. The van der Waals surface area contributed by atoms with Crippen molar-refractivity contribution in [2.45, 2.75) is 298 Å². The Morgan fingerprint density at radius 3 is 1.58 bits per heavy atom. The number of ether oxygens (including phenoxy) is 1. The van der Waals surface area contributed by atoms with Crippen molar-refractivity contribution in [3.63, 3.8) is 0 Å². The molecule has 4 rings (SSSR count). The summed E-state index contributed by atoms with van der Waals surface area (Å²) in [5.41, 5.74) is 2.54. The number of carbonyl (C=O) groups is 1. The average molecular weight is 821 g/mol. The van der Waals surface area contributed by atoms with Crippen molar-refractivity contribution >= 4 is 5.97 Å². The third-order valence-corrected chi connectivity index (χ3v) is 17.5. The van der Waals surface area contributed by atoms with Crippen molar-refractivity contribution < 1.29 is 9.53 Å². The molecule has 0 aliphatic heterocycles. The second-order valence-corrected chi connectivity index (χ2v) is 22.6. The van der Waals surface area contributed by atoms with Crippen LogP contribution in [0.15, 0.2) is 11.6 Å². The van der Waals surface area contributed by atoms with E-state index in [1.165, 1.54) is 225 Å². The van der Waals surface area contributed by atoms with Gasteiger partial charge in [-0.05, 0) is 97.7 Å². The molecule has 0 aromatic rings. The van der Waals surface area contributed by atoms with Gasteiger partial charge in [0.2, 0.25) is 0 Å². The third-order valence-electron chi connectivity index (χ3n) is 17.5. The highest BCUT2D eigenvalue weighted by Crippen LogP contribution is 2.67. The fraction of sp³-hybridized carbons (Fsp3) is 0.947. The molecule has 0 saturated heterocycles. The van der Waals surface area contributed by atoms with Crippen LogP contribution in [-0.2, 0) is 9.53 Å². The van der Waals surface area contributed by atoms with Gasteiger partial charge in [0, 0.05) is 12.8 Å². The van der Waals surface area contributed by atoms with Gasteiger partial charge in [-0.25, -0.2) is 0 Å². The van der Waals surface area contributed by atoms with Crippen LogP contribution in [0.5, 0.6) is 0 Å². The number of fused-ring (bicyclic) bond motifs is 5. The smallest absolute Gasteiger partial charge is 0.306 e. The van der Waals surface area contributed by atoms with Gasteiger partial charge in [-0.2, -0.15) is 0 Å². The van der Waals surface area contributed by atoms with Gasteiger partial charge in [-0.3, -0.25) is 4.79 Å². The van der Waals surface area contributed by atoms with E-state index in [0.29, 0.717) is 17.3 Å². The predicted molar refractivity (Wildman–Crippen MR) is 258 cm³/mol. The lowest BCUT2D eigenvalue weighted by Gasteiger charge is -2.58. The van der Waals surface area contributed by atoms with E-state index in [4.69, 9.17) is 4.74 Å². The fourth-order valence-corrected chi connectivity index (χ4v) is 13.8. The van der Waals surface area contributed by atoms with Crippen molar-refractivity contribution in [3.05, 3.63) is 11.6 Å². The zero-order valence-corrected chi connectivity index (χ0v) is 41.0. The Hall–Kier alpha value is -0.790. The minimum Gasteiger partial charge on any atom is -0.462 e. The first-order valence-corrected chi connectivity index (χ1v) is 27.6. The zero-order valence-electron chi connectivity index (χ0n) is 41.0. The van der Waals surface area contributed by atoms with Crippen LogP contribution in [0.4, 0.5) is 0 Å². The first-order valence-electron chi connectivity index (χ1n) is 27.6. The third kappa shape index (κ3) is 17.4. The number of carbonyl (C=O) groups excluding carboxylic acids is 1. The zero-order chi connectivity index (χ0) is 42.2. The Labute approximate surface area is 370 Å². The second kappa shape index (κ2) is 28.8. The number of hydrogen-bond donors (Lipinski definition) is 0. The van der Waals surface area contributed by atoms with Crippen LogP contribution in [0.1, 0.15) is 292 Å². The van der Waals surface area contributed by atoms with Crippen molar-refractivity contribution in [1.29, 1.82) is 0 Å². The van der Waals surface area contributed by atoms with E-state index in [9.17, 15) is 4.79 Å². The molecule has 4 aliphatic rings.